The average molecular weight is 445 g/mol. The van der Waals surface area contributed by atoms with Crippen LogP contribution in [-0.4, -0.2) is 27.2 Å². The third kappa shape index (κ3) is 4.52. The number of thioether (sulfide) groups is 1. The van der Waals surface area contributed by atoms with Crippen molar-refractivity contribution in [1.29, 1.82) is 0 Å². The number of benzene rings is 2. The summed E-state index contributed by atoms with van der Waals surface area (Å²) in [6, 6.07) is 12.9. The first-order chi connectivity index (χ1) is 14.5. The maximum atomic E-state index is 13.3. The van der Waals surface area contributed by atoms with Gasteiger partial charge in [-0.1, -0.05) is 40.7 Å². The number of aromatic nitrogens is 4. The van der Waals surface area contributed by atoms with E-state index < -0.39 is 5.82 Å². The van der Waals surface area contributed by atoms with Crippen LogP contribution < -0.4 is 10.3 Å². The number of hydrogen-bond donors (Lipinski definition) is 1. The van der Waals surface area contributed by atoms with E-state index in [1.165, 1.54) is 36.0 Å². The lowest BCUT2D eigenvalue weighted by Gasteiger charge is -2.05. The number of nitrogens with zero attached hydrogens (tertiary/aromatic N) is 3. The molecule has 0 saturated carbocycles. The Morgan fingerprint density at radius 2 is 2.03 bits per heavy atom. The molecule has 2 aromatic carbocycles. The van der Waals surface area contributed by atoms with Crippen molar-refractivity contribution in [3.05, 3.63) is 75.6 Å². The first kappa shape index (κ1) is 20.1. The monoisotopic (exact) mass is 444 g/mol. The predicted molar refractivity (Wildman–Crippen MR) is 111 cm³/mol. The van der Waals surface area contributed by atoms with Gasteiger partial charge in [-0.05, 0) is 30.3 Å². The summed E-state index contributed by atoms with van der Waals surface area (Å²) < 4.78 is 23.8. The Labute approximate surface area is 179 Å². The lowest BCUT2D eigenvalue weighted by Crippen LogP contribution is -2.08. The van der Waals surface area contributed by atoms with Crippen molar-refractivity contribution in [1.82, 2.24) is 20.1 Å². The van der Waals surface area contributed by atoms with Gasteiger partial charge in [-0.3, -0.25) is 4.79 Å². The SMILES string of the molecule is COc1cccc(-c2cc(=O)[nH]c(SCc3nc(-c4ccc(F)c(Cl)c4)no3)n2)c1. The Morgan fingerprint density at radius 3 is 2.83 bits per heavy atom. The lowest BCUT2D eigenvalue weighted by molar-refractivity contribution is 0.391. The van der Waals surface area contributed by atoms with Crippen LogP contribution in [0.25, 0.3) is 22.6 Å². The van der Waals surface area contributed by atoms with Crippen LogP contribution in [0.1, 0.15) is 5.89 Å². The van der Waals surface area contributed by atoms with Gasteiger partial charge < -0.3 is 14.2 Å². The van der Waals surface area contributed by atoms with Crippen LogP contribution in [-0.2, 0) is 5.75 Å². The summed E-state index contributed by atoms with van der Waals surface area (Å²) in [5.74, 6) is 1.05. The molecule has 4 aromatic rings. The molecule has 0 atom stereocenters. The van der Waals surface area contributed by atoms with E-state index in [4.69, 9.17) is 20.9 Å². The second-order valence-corrected chi connectivity index (χ2v) is 7.47. The van der Waals surface area contributed by atoms with Crippen molar-refractivity contribution in [2.75, 3.05) is 7.11 Å². The zero-order chi connectivity index (χ0) is 21.1. The van der Waals surface area contributed by atoms with E-state index in [2.05, 4.69) is 20.1 Å². The smallest absolute Gasteiger partial charge is 0.252 e. The highest BCUT2D eigenvalue weighted by Gasteiger charge is 2.12. The van der Waals surface area contributed by atoms with E-state index >= 15 is 0 Å². The van der Waals surface area contributed by atoms with Crippen molar-refractivity contribution in [2.24, 2.45) is 0 Å². The van der Waals surface area contributed by atoms with Gasteiger partial charge in [0.15, 0.2) is 5.16 Å². The Kier molecular flexibility index (Phi) is 5.82. The lowest BCUT2D eigenvalue weighted by atomic mass is 10.1. The molecule has 30 heavy (non-hydrogen) atoms. The number of aromatic amines is 1. The molecule has 0 saturated heterocycles. The number of methoxy groups -OCH3 is 1. The molecule has 7 nitrogen and oxygen atoms in total. The standard InChI is InChI=1S/C20H14ClFN4O3S/c1-28-13-4-2-3-11(7-13)16-9-17(27)24-20(23-16)30-10-18-25-19(26-29-18)12-5-6-15(22)14(21)8-12/h2-9H,10H2,1H3,(H,23,24,27). The van der Waals surface area contributed by atoms with Gasteiger partial charge in [-0.25, -0.2) is 9.37 Å². The van der Waals surface area contributed by atoms with Gasteiger partial charge in [0, 0.05) is 17.2 Å². The molecule has 0 aliphatic carbocycles. The number of H-pyrrole nitrogens is 1. The molecule has 0 bridgehead atoms. The maximum absolute atomic E-state index is 13.3. The van der Waals surface area contributed by atoms with Crippen LogP contribution in [0.5, 0.6) is 5.75 Å². The molecule has 10 heteroatoms. The highest BCUT2D eigenvalue weighted by molar-refractivity contribution is 7.98. The number of ether oxygens (including phenoxy) is 1. The van der Waals surface area contributed by atoms with Gasteiger partial charge in [0.25, 0.3) is 5.56 Å². The molecule has 0 fully saturated rings. The molecule has 2 aromatic heterocycles. The van der Waals surface area contributed by atoms with E-state index in [0.717, 1.165) is 5.56 Å². The van der Waals surface area contributed by atoms with Crippen molar-refractivity contribution in [2.45, 2.75) is 10.9 Å². The Balaban J connectivity index is 1.51. The van der Waals surface area contributed by atoms with E-state index in [0.29, 0.717) is 33.9 Å². The molecule has 152 valence electrons. The van der Waals surface area contributed by atoms with Gasteiger partial charge in [0.1, 0.15) is 11.6 Å². The summed E-state index contributed by atoms with van der Waals surface area (Å²) in [5, 5.41) is 4.27. The second kappa shape index (κ2) is 8.68. The summed E-state index contributed by atoms with van der Waals surface area (Å²) in [6.07, 6.45) is 0. The minimum atomic E-state index is -0.523. The predicted octanol–water partition coefficient (Wildman–Crippen LogP) is 4.58. The molecular formula is C20H14ClFN4O3S. The molecule has 0 radical (unpaired) electrons. The van der Waals surface area contributed by atoms with Crippen LogP contribution in [0, 0.1) is 5.82 Å². The number of halogens is 2. The Morgan fingerprint density at radius 1 is 1.17 bits per heavy atom. The van der Waals surface area contributed by atoms with E-state index in [-0.39, 0.29) is 16.3 Å². The van der Waals surface area contributed by atoms with Crippen molar-refractivity contribution >= 4 is 23.4 Å². The van der Waals surface area contributed by atoms with E-state index in [9.17, 15) is 9.18 Å². The molecule has 0 aliphatic heterocycles. The zero-order valence-electron chi connectivity index (χ0n) is 15.6. The summed E-state index contributed by atoms with van der Waals surface area (Å²) in [5.41, 5.74) is 1.54. The third-order valence-electron chi connectivity index (χ3n) is 4.06. The van der Waals surface area contributed by atoms with Gasteiger partial charge >= 0.3 is 0 Å². The Bertz CT molecular complexity index is 1260. The molecule has 0 aliphatic rings. The van der Waals surface area contributed by atoms with Crippen molar-refractivity contribution in [3.8, 4) is 28.4 Å². The van der Waals surface area contributed by atoms with Crippen molar-refractivity contribution in [3.63, 3.8) is 0 Å². The van der Waals surface area contributed by atoms with E-state index in [1.54, 1.807) is 13.2 Å². The van der Waals surface area contributed by atoms with Gasteiger partial charge in [-0.2, -0.15) is 4.98 Å². The molecular weight excluding hydrogens is 431 g/mol. The fraction of sp³-hybridized carbons (Fsp3) is 0.100. The largest absolute Gasteiger partial charge is 0.497 e. The minimum absolute atomic E-state index is 0.0237. The van der Waals surface area contributed by atoms with Crippen molar-refractivity contribution < 1.29 is 13.7 Å². The quantitative estimate of drug-likeness (QED) is 0.343. The maximum Gasteiger partial charge on any atom is 0.252 e. The van der Waals surface area contributed by atoms with Crippen LogP contribution in [0.4, 0.5) is 4.39 Å². The number of nitrogens with one attached hydrogen (secondary N) is 1. The second-order valence-electron chi connectivity index (χ2n) is 6.10. The number of hydrogen-bond acceptors (Lipinski definition) is 7. The molecule has 2 heterocycles. The van der Waals surface area contributed by atoms with Crippen LogP contribution in [0.2, 0.25) is 5.02 Å². The molecule has 0 amide bonds. The fourth-order valence-corrected chi connectivity index (χ4v) is 3.52. The van der Waals surface area contributed by atoms with Crippen LogP contribution in [0.3, 0.4) is 0 Å². The first-order valence-electron chi connectivity index (χ1n) is 8.68. The zero-order valence-corrected chi connectivity index (χ0v) is 17.1. The summed E-state index contributed by atoms with van der Waals surface area (Å²) in [7, 11) is 1.57. The highest BCUT2D eigenvalue weighted by atomic mass is 35.5. The summed E-state index contributed by atoms with van der Waals surface area (Å²) in [6.45, 7) is 0. The van der Waals surface area contributed by atoms with Gasteiger partial charge in [0.2, 0.25) is 11.7 Å². The highest BCUT2D eigenvalue weighted by Crippen LogP contribution is 2.26. The van der Waals surface area contributed by atoms with Crippen LogP contribution in [0.15, 0.2) is 63.0 Å². The third-order valence-corrected chi connectivity index (χ3v) is 5.21. The van der Waals surface area contributed by atoms with Gasteiger partial charge in [-0.15, -0.1) is 0 Å². The topological polar surface area (TPSA) is 93.9 Å². The fourth-order valence-electron chi connectivity index (χ4n) is 2.63. The summed E-state index contributed by atoms with van der Waals surface area (Å²) >= 11 is 7.04. The number of rotatable bonds is 6. The molecule has 0 spiro atoms. The first-order valence-corrected chi connectivity index (χ1v) is 10.0. The van der Waals surface area contributed by atoms with Crippen LogP contribution >= 0.6 is 23.4 Å². The van der Waals surface area contributed by atoms with E-state index in [1.807, 2.05) is 18.2 Å². The molecule has 4 rings (SSSR count). The minimum Gasteiger partial charge on any atom is -0.497 e. The average Bonchev–Trinajstić information content (AvgIpc) is 3.23. The Hall–Kier alpha value is -3.17. The molecule has 1 N–H and O–H groups in total. The molecule has 0 unspecified atom stereocenters. The normalized spacial score (nSPS) is 10.9. The van der Waals surface area contributed by atoms with Gasteiger partial charge in [0.05, 0.1) is 23.6 Å². The summed E-state index contributed by atoms with van der Waals surface area (Å²) in [4.78, 5) is 23.5.